The van der Waals surface area contributed by atoms with Crippen molar-refractivity contribution in [3.63, 3.8) is 0 Å². The Bertz CT molecular complexity index is 553. The number of hydrogen-bond donors (Lipinski definition) is 1. The van der Waals surface area contributed by atoms with Gasteiger partial charge in [0, 0.05) is 30.5 Å². The molecule has 0 aliphatic carbocycles. The fraction of sp³-hybridized carbons (Fsp3) is 0.500. The third-order valence-electron chi connectivity index (χ3n) is 3.52. The van der Waals surface area contributed by atoms with Gasteiger partial charge >= 0.3 is 0 Å². The quantitative estimate of drug-likeness (QED) is 0.814. The van der Waals surface area contributed by atoms with E-state index in [4.69, 9.17) is 11.6 Å². The molecule has 0 fully saturated rings. The summed E-state index contributed by atoms with van der Waals surface area (Å²) in [6.45, 7) is 7.06. The predicted molar refractivity (Wildman–Crippen MR) is 86.8 cm³/mol. The van der Waals surface area contributed by atoms with E-state index in [-0.39, 0.29) is 0 Å². The topological polar surface area (TPSA) is 42.7 Å². The highest BCUT2D eigenvalue weighted by molar-refractivity contribution is 6.30. The molecule has 1 aromatic heterocycles. The molecule has 0 aliphatic heterocycles. The van der Waals surface area contributed by atoms with Crippen LogP contribution in [-0.2, 0) is 13.0 Å². The Labute approximate surface area is 131 Å². The van der Waals surface area contributed by atoms with Gasteiger partial charge in [0.2, 0.25) is 0 Å². The van der Waals surface area contributed by atoms with Crippen molar-refractivity contribution >= 4 is 11.6 Å². The van der Waals surface area contributed by atoms with Gasteiger partial charge in [0.25, 0.3) is 0 Å². The maximum absolute atomic E-state index is 6.13. The summed E-state index contributed by atoms with van der Waals surface area (Å²) < 4.78 is 2.00. The van der Waals surface area contributed by atoms with Crippen molar-refractivity contribution in [2.45, 2.75) is 39.2 Å². The van der Waals surface area contributed by atoms with E-state index in [2.05, 4.69) is 35.3 Å². The largest absolute Gasteiger partial charge is 0.316 e. The van der Waals surface area contributed by atoms with E-state index in [1.54, 1.807) is 6.33 Å². The van der Waals surface area contributed by atoms with Crippen molar-refractivity contribution in [3.8, 4) is 0 Å². The number of likely N-dealkylation sites (N-methyl/N-ethyl adjacent to an activating group) is 1. The molecule has 114 valence electrons. The molecule has 0 radical (unpaired) electrons. The number of halogens is 1. The fourth-order valence-corrected chi connectivity index (χ4v) is 2.65. The Morgan fingerprint density at radius 1 is 1.33 bits per heavy atom. The third kappa shape index (κ3) is 4.55. The van der Waals surface area contributed by atoms with Crippen LogP contribution in [0.1, 0.15) is 37.6 Å². The number of rotatable bonds is 8. The molecular weight excluding hydrogens is 284 g/mol. The minimum atomic E-state index is 0.350. The van der Waals surface area contributed by atoms with Crippen LogP contribution in [0.25, 0.3) is 0 Å². The van der Waals surface area contributed by atoms with E-state index in [9.17, 15) is 0 Å². The molecule has 0 spiro atoms. The average molecular weight is 307 g/mol. The Balaban J connectivity index is 2.17. The molecule has 1 aromatic carbocycles. The number of aryl methyl sites for hydroxylation is 1. The second-order valence-corrected chi connectivity index (χ2v) is 5.60. The first-order valence-corrected chi connectivity index (χ1v) is 7.95. The van der Waals surface area contributed by atoms with Crippen molar-refractivity contribution in [2.75, 3.05) is 13.1 Å². The lowest BCUT2D eigenvalue weighted by Gasteiger charge is -2.18. The minimum Gasteiger partial charge on any atom is -0.316 e. The maximum Gasteiger partial charge on any atom is 0.138 e. The van der Waals surface area contributed by atoms with Gasteiger partial charge in [0.15, 0.2) is 0 Å². The normalized spacial score (nSPS) is 12.5. The predicted octanol–water partition coefficient (Wildman–Crippen LogP) is 3.28. The highest BCUT2D eigenvalue weighted by Crippen LogP contribution is 2.22. The van der Waals surface area contributed by atoms with Gasteiger partial charge in [-0.2, -0.15) is 5.10 Å². The number of aromatic nitrogens is 3. The van der Waals surface area contributed by atoms with Crippen LogP contribution in [0, 0.1) is 0 Å². The molecule has 21 heavy (non-hydrogen) atoms. The summed E-state index contributed by atoms with van der Waals surface area (Å²) >= 11 is 6.13. The zero-order chi connectivity index (χ0) is 15.1. The molecule has 5 heteroatoms. The molecule has 0 amide bonds. The van der Waals surface area contributed by atoms with Crippen molar-refractivity contribution in [1.82, 2.24) is 20.1 Å². The van der Waals surface area contributed by atoms with E-state index in [1.807, 2.05) is 22.9 Å². The molecule has 4 nitrogen and oxygen atoms in total. The second kappa shape index (κ2) is 8.15. The Hall–Kier alpha value is -1.39. The van der Waals surface area contributed by atoms with E-state index in [0.717, 1.165) is 43.3 Å². The van der Waals surface area contributed by atoms with Crippen LogP contribution in [0.5, 0.6) is 0 Å². The Morgan fingerprint density at radius 2 is 2.19 bits per heavy atom. The molecule has 2 rings (SSSR count). The second-order valence-electron chi connectivity index (χ2n) is 5.16. The molecule has 0 aliphatic rings. The molecule has 1 N–H and O–H groups in total. The van der Waals surface area contributed by atoms with E-state index >= 15 is 0 Å². The lowest BCUT2D eigenvalue weighted by Crippen LogP contribution is -2.24. The van der Waals surface area contributed by atoms with Crippen LogP contribution in [-0.4, -0.2) is 27.9 Å². The summed E-state index contributed by atoms with van der Waals surface area (Å²) in [7, 11) is 0. The first-order chi connectivity index (χ1) is 10.2. The summed E-state index contributed by atoms with van der Waals surface area (Å²) in [5, 5.41) is 8.52. The standard InChI is InChI=1S/C16H23ClN4/c1-3-8-21-16(19-12-20-21)10-14(11-18-4-2)13-6-5-7-15(17)9-13/h5-7,9,12,14,18H,3-4,8,10-11H2,1-2H3. The monoisotopic (exact) mass is 306 g/mol. The van der Waals surface area contributed by atoms with Crippen LogP contribution in [0.3, 0.4) is 0 Å². The molecule has 1 atom stereocenters. The van der Waals surface area contributed by atoms with Gasteiger partial charge in [-0.3, -0.25) is 4.68 Å². The number of hydrogen-bond acceptors (Lipinski definition) is 3. The minimum absolute atomic E-state index is 0.350. The third-order valence-corrected chi connectivity index (χ3v) is 3.76. The summed E-state index contributed by atoms with van der Waals surface area (Å²) in [6, 6.07) is 8.10. The molecule has 0 bridgehead atoms. The van der Waals surface area contributed by atoms with Gasteiger partial charge in [-0.05, 0) is 30.7 Å². The van der Waals surface area contributed by atoms with Crippen molar-refractivity contribution in [2.24, 2.45) is 0 Å². The lowest BCUT2D eigenvalue weighted by atomic mass is 9.95. The van der Waals surface area contributed by atoms with Gasteiger partial charge in [-0.25, -0.2) is 4.98 Å². The average Bonchev–Trinajstić information content (AvgIpc) is 2.91. The highest BCUT2D eigenvalue weighted by Gasteiger charge is 2.16. The van der Waals surface area contributed by atoms with Crippen molar-refractivity contribution in [3.05, 3.63) is 47.0 Å². The molecule has 1 heterocycles. The number of nitrogens with zero attached hydrogens (tertiary/aromatic N) is 3. The van der Waals surface area contributed by atoms with Crippen LogP contribution in [0.2, 0.25) is 5.02 Å². The van der Waals surface area contributed by atoms with E-state index < -0.39 is 0 Å². The van der Waals surface area contributed by atoms with Crippen LogP contribution >= 0.6 is 11.6 Å². The smallest absolute Gasteiger partial charge is 0.138 e. The van der Waals surface area contributed by atoms with Gasteiger partial charge in [0.1, 0.15) is 12.2 Å². The van der Waals surface area contributed by atoms with Crippen molar-refractivity contribution < 1.29 is 0 Å². The van der Waals surface area contributed by atoms with Gasteiger partial charge in [-0.1, -0.05) is 37.6 Å². The summed E-state index contributed by atoms with van der Waals surface area (Å²) in [4.78, 5) is 4.42. The molecule has 2 aromatic rings. The highest BCUT2D eigenvalue weighted by atomic mass is 35.5. The van der Waals surface area contributed by atoms with Crippen LogP contribution < -0.4 is 5.32 Å². The van der Waals surface area contributed by atoms with Gasteiger partial charge in [-0.15, -0.1) is 0 Å². The lowest BCUT2D eigenvalue weighted by molar-refractivity contribution is 0.526. The Morgan fingerprint density at radius 3 is 2.90 bits per heavy atom. The number of nitrogens with one attached hydrogen (secondary N) is 1. The molecule has 0 saturated heterocycles. The van der Waals surface area contributed by atoms with Crippen LogP contribution in [0.4, 0.5) is 0 Å². The first kappa shape index (κ1) is 16.0. The number of benzene rings is 1. The van der Waals surface area contributed by atoms with Crippen molar-refractivity contribution in [1.29, 1.82) is 0 Å². The molecule has 0 saturated carbocycles. The fourth-order valence-electron chi connectivity index (χ4n) is 2.45. The zero-order valence-corrected chi connectivity index (χ0v) is 13.5. The Kier molecular flexibility index (Phi) is 6.21. The summed E-state index contributed by atoms with van der Waals surface area (Å²) in [5.41, 5.74) is 1.24. The van der Waals surface area contributed by atoms with Gasteiger partial charge < -0.3 is 5.32 Å². The maximum atomic E-state index is 6.13. The van der Waals surface area contributed by atoms with Crippen LogP contribution in [0.15, 0.2) is 30.6 Å². The van der Waals surface area contributed by atoms with Gasteiger partial charge in [0.05, 0.1) is 0 Å². The summed E-state index contributed by atoms with van der Waals surface area (Å²) in [6.07, 6.45) is 3.58. The molecule has 1 unspecified atom stereocenters. The first-order valence-electron chi connectivity index (χ1n) is 7.57. The van der Waals surface area contributed by atoms with E-state index in [0.29, 0.717) is 5.92 Å². The van der Waals surface area contributed by atoms with E-state index in [1.165, 1.54) is 5.56 Å². The molecular formula is C16H23ClN4. The SMILES string of the molecule is CCCn1ncnc1CC(CNCC)c1cccc(Cl)c1. The summed E-state index contributed by atoms with van der Waals surface area (Å²) in [5.74, 6) is 1.39. The zero-order valence-electron chi connectivity index (χ0n) is 12.7.